The second kappa shape index (κ2) is 2.80. The van der Waals surface area contributed by atoms with E-state index in [-0.39, 0.29) is 0 Å². The van der Waals surface area contributed by atoms with E-state index in [2.05, 4.69) is 27.6 Å². The first kappa shape index (κ1) is 8.51. The number of H-pyrrole nitrogens is 1. The van der Waals surface area contributed by atoms with E-state index in [1.807, 2.05) is 19.0 Å². The molecule has 0 aromatic carbocycles. The van der Waals surface area contributed by atoms with Crippen LogP contribution in [-0.2, 0) is 0 Å². The Bertz CT molecular complexity index is 266. The molecule has 4 nitrogen and oxygen atoms in total. The third kappa shape index (κ3) is 1.37. The molecule has 5 N–H and O–H groups in total. The quantitative estimate of drug-likeness (QED) is 0.660. The van der Waals surface area contributed by atoms with Crippen LogP contribution in [0.2, 0.25) is 0 Å². The van der Waals surface area contributed by atoms with Crippen LogP contribution in [0.25, 0.3) is 0 Å². The minimum absolute atomic E-state index is 0.622. The van der Waals surface area contributed by atoms with Gasteiger partial charge in [0.05, 0.1) is 9.26 Å². The Morgan fingerprint density at radius 3 is 2.00 bits per heavy atom. The molecule has 0 aliphatic heterocycles. The van der Waals surface area contributed by atoms with Gasteiger partial charge >= 0.3 is 0 Å². The van der Waals surface area contributed by atoms with Crippen molar-refractivity contribution in [2.45, 2.75) is 0 Å². The fraction of sp³-hybridized carbons (Fsp3) is 0.333. The van der Waals surface area contributed by atoms with Crippen LogP contribution in [0.4, 0.5) is 17.3 Å². The van der Waals surface area contributed by atoms with Gasteiger partial charge in [0.15, 0.2) is 0 Å². The highest BCUT2D eigenvalue weighted by Gasteiger charge is 2.12. The van der Waals surface area contributed by atoms with E-state index >= 15 is 0 Å². The molecular weight excluding hydrogens is 255 g/mol. The van der Waals surface area contributed by atoms with E-state index < -0.39 is 0 Å². The molecule has 0 amide bonds. The maximum Gasteiger partial charge on any atom is 0.127 e. The average Bonchev–Trinajstić information content (AvgIpc) is 2.07. The third-order valence-electron chi connectivity index (χ3n) is 1.42. The number of anilines is 3. The predicted octanol–water partition coefficient (Wildman–Crippen LogP) is 0.850. The third-order valence-corrected chi connectivity index (χ3v) is 2.51. The molecule has 0 aliphatic carbocycles. The topological polar surface area (TPSA) is 71.1 Å². The molecule has 0 spiro atoms. The summed E-state index contributed by atoms with van der Waals surface area (Å²) in [6.45, 7) is 0. The van der Waals surface area contributed by atoms with Gasteiger partial charge in [-0.15, -0.1) is 0 Å². The lowest BCUT2D eigenvalue weighted by Crippen LogP contribution is -2.10. The molecule has 1 heterocycles. The van der Waals surface area contributed by atoms with Crippen molar-refractivity contribution in [3.05, 3.63) is 3.57 Å². The summed E-state index contributed by atoms with van der Waals surface area (Å²) < 4.78 is 0.977. The molecule has 0 fully saturated rings. The van der Waals surface area contributed by atoms with Crippen LogP contribution < -0.4 is 16.4 Å². The van der Waals surface area contributed by atoms with E-state index in [0.29, 0.717) is 11.6 Å². The highest BCUT2D eigenvalue weighted by Crippen LogP contribution is 2.31. The Balaban J connectivity index is 3.22. The SMILES string of the molecule is CN(C)c1c(N)[nH]c(N)c1I. The zero-order chi connectivity index (χ0) is 8.59. The van der Waals surface area contributed by atoms with Crippen molar-refractivity contribution in [2.75, 3.05) is 30.5 Å². The molecule has 0 atom stereocenters. The Morgan fingerprint density at radius 2 is 1.82 bits per heavy atom. The molecule has 1 rings (SSSR count). The van der Waals surface area contributed by atoms with Gasteiger partial charge in [-0.25, -0.2) is 0 Å². The number of nitrogens with zero attached hydrogens (tertiary/aromatic N) is 1. The van der Waals surface area contributed by atoms with Gasteiger partial charge in [0, 0.05) is 14.1 Å². The first-order valence-electron chi connectivity index (χ1n) is 3.13. The maximum absolute atomic E-state index is 5.66. The van der Waals surface area contributed by atoms with Crippen LogP contribution in [0, 0.1) is 3.57 Å². The molecule has 0 saturated heterocycles. The van der Waals surface area contributed by atoms with Crippen LogP contribution in [0.3, 0.4) is 0 Å². The van der Waals surface area contributed by atoms with Gasteiger partial charge in [-0.05, 0) is 22.6 Å². The number of halogens is 1. The van der Waals surface area contributed by atoms with Gasteiger partial charge in [0.25, 0.3) is 0 Å². The summed E-state index contributed by atoms with van der Waals surface area (Å²) in [6.07, 6.45) is 0. The number of hydrogen-bond acceptors (Lipinski definition) is 3. The first-order valence-corrected chi connectivity index (χ1v) is 4.21. The second-order valence-corrected chi connectivity index (χ2v) is 3.59. The zero-order valence-electron chi connectivity index (χ0n) is 6.48. The van der Waals surface area contributed by atoms with Crippen molar-refractivity contribution in [3.8, 4) is 0 Å². The van der Waals surface area contributed by atoms with Crippen molar-refractivity contribution in [1.82, 2.24) is 4.98 Å². The largest absolute Gasteiger partial charge is 0.384 e. The molecule has 0 saturated carbocycles. The van der Waals surface area contributed by atoms with E-state index in [0.717, 1.165) is 9.26 Å². The average molecular weight is 266 g/mol. The van der Waals surface area contributed by atoms with Crippen LogP contribution in [0.1, 0.15) is 0 Å². The molecule has 5 heteroatoms. The smallest absolute Gasteiger partial charge is 0.127 e. The second-order valence-electron chi connectivity index (χ2n) is 2.51. The standard InChI is InChI=1S/C6H11IN4/c1-11(2)4-3(7)5(8)10-6(4)9/h10H,8-9H2,1-2H3. The summed E-state index contributed by atoms with van der Waals surface area (Å²) in [4.78, 5) is 4.80. The number of rotatable bonds is 1. The van der Waals surface area contributed by atoms with Crippen molar-refractivity contribution in [3.63, 3.8) is 0 Å². The molecule has 0 aliphatic rings. The minimum atomic E-state index is 0.622. The number of nitrogens with one attached hydrogen (secondary N) is 1. The minimum Gasteiger partial charge on any atom is -0.384 e. The Labute approximate surface area is 79.1 Å². The number of aromatic amines is 1. The molecule has 1 aromatic heterocycles. The van der Waals surface area contributed by atoms with Crippen LogP contribution >= 0.6 is 22.6 Å². The first-order chi connectivity index (χ1) is 5.04. The lowest BCUT2D eigenvalue weighted by atomic mass is 10.4. The number of nitrogen functional groups attached to an aromatic ring is 2. The van der Waals surface area contributed by atoms with Crippen LogP contribution in [0.5, 0.6) is 0 Å². The number of hydrogen-bond donors (Lipinski definition) is 3. The molecule has 11 heavy (non-hydrogen) atoms. The molecule has 0 bridgehead atoms. The maximum atomic E-state index is 5.66. The highest BCUT2D eigenvalue weighted by atomic mass is 127. The van der Waals surface area contributed by atoms with Crippen LogP contribution in [-0.4, -0.2) is 19.1 Å². The van der Waals surface area contributed by atoms with Gasteiger partial charge < -0.3 is 21.4 Å². The molecular formula is C6H11IN4. The van der Waals surface area contributed by atoms with E-state index in [1.165, 1.54) is 0 Å². The lowest BCUT2D eigenvalue weighted by Gasteiger charge is -2.11. The Kier molecular flexibility index (Phi) is 2.17. The summed E-state index contributed by atoms with van der Waals surface area (Å²) in [5, 5.41) is 0. The summed E-state index contributed by atoms with van der Waals surface area (Å²) >= 11 is 2.16. The number of nitrogens with two attached hydrogens (primary N) is 2. The van der Waals surface area contributed by atoms with Crippen molar-refractivity contribution >= 4 is 39.9 Å². The Morgan fingerprint density at radius 1 is 1.27 bits per heavy atom. The van der Waals surface area contributed by atoms with Crippen molar-refractivity contribution in [2.24, 2.45) is 0 Å². The van der Waals surface area contributed by atoms with Gasteiger partial charge in [-0.2, -0.15) is 0 Å². The molecule has 0 radical (unpaired) electrons. The zero-order valence-corrected chi connectivity index (χ0v) is 8.64. The predicted molar refractivity (Wildman–Crippen MR) is 56.7 cm³/mol. The summed E-state index contributed by atoms with van der Waals surface area (Å²) in [6, 6.07) is 0. The molecule has 62 valence electrons. The van der Waals surface area contributed by atoms with E-state index in [1.54, 1.807) is 0 Å². The van der Waals surface area contributed by atoms with Gasteiger partial charge in [0.2, 0.25) is 0 Å². The van der Waals surface area contributed by atoms with Crippen molar-refractivity contribution in [1.29, 1.82) is 0 Å². The summed E-state index contributed by atoms with van der Waals surface area (Å²) in [5.41, 5.74) is 12.2. The van der Waals surface area contributed by atoms with Gasteiger partial charge in [-0.3, -0.25) is 0 Å². The fourth-order valence-corrected chi connectivity index (χ4v) is 1.85. The fourth-order valence-electron chi connectivity index (χ4n) is 0.942. The highest BCUT2D eigenvalue weighted by molar-refractivity contribution is 14.1. The lowest BCUT2D eigenvalue weighted by molar-refractivity contribution is 1.13. The van der Waals surface area contributed by atoms with Crippen molar-refractivity contribution < 1.29 is 0 Å². The summed E-state index contributed by atoms with van der Waals surface area (Å²) in [5.74, 6) is 1.25. The van der Waals surface area contributed by atoms with E-state index in [4.69, 9.17) is 11.5 Å². The summed E-state index contributed by atoms with van der Waals surface area (Å²) in [7, 11) is 3.86. The molecule has 1 aromatic rings. The van der Waals surface area contributed by atoms with Crippen LogP contribution in [0.15, 0.2) is 0 Å². The monoisotopic (exact) mass is 266 g/mol. The number of aromatic nitrogens is 1. The van der Waals surface area contributed by atoms with Gasteiger partial charge in [0.1, 0.15) is 11.6 Å². The normalized spacial score (nSPS) is 10.1. The Hall–Kier alpha value is -0.590. The molecule has 0 unspecified atom stereocenters. The van der Waals surface area contributed by atoms with Gasteiger partial charge in [-0.1, -0.05) is 0 Å². The van der Waals surface area contributed by atoms with E-state index in [9.17, 15) is 0 Å².